The summed E-state index contributed by atoms with van der Waals surface area (Å²) in [4.78, 5) is 50.9. The highest BCUT2D eigenvalue weighted by Crippen LogP contribution is 2.35. The van der Waals surface area contributed by atoms with Gasteiger partial charge in [-0.25, -0.2) is 4.98 Å². The van der Waals surface area contributed by atoms with E-state index in [1.54, 1.807) is 28.4 Å². The van der Waals surface area contributed by atoms with Crippen molar-refractivity contribution in [3.63, 3.8) is 0 Å². The molecule has 0 unspecified atom stereocenters. The van der Waals surface area contributed by atoms with Crippen LogP contribution >= 0.6 is 11.3 Å². The number of Topliss-reactive ketones (excluding diaryl/α,β-unsaturated/α-hetero) is 1. The summed E-state index contributed by atoms with van der Waals surface area (Å²) in [6, 6.07) is 6.29. The van der Waals surface area contributed by atoms with Gasteiger partial charge in [-0.15, -0.1) is 11.3 Å². The second-order valence-corrected chi connectivity index (χ2v) is 12.4. The lowest BCUT2D eigenvalue weighted by molar-refractivity contribution is -0.139. The predicted molar refractivity (Wildman–Crippen MR) is 150 cm³/mol. The summed E-state index contributed by atoms with van der Waals surface area (Å²) >= 11 is 1.65. The third kappa shape index (κ3) is 5.21. The Hall–Kier alpha value is -2.82. The molecular formula is C29H37N5O4S. The van der Waals surface area contributed by atoms with E-state index in [1.807, 2.05) is 19.1 Å². The quantitative estimate of drug-likeness (QED) is 0.590. The number of hydrogen-bond donors (Lipinski definition) is 1. The molecule has 10 heteroatoms. The standard InChI is InChI=1S/C29H37N5O4S/c1-18-15-34(25-23(35)16-38-26(18)25)28(37)24(20-5-3-4-6-20)31-27(36)21-9-7-19(8-10-21)22-17-39-29(30-22)33-13-11-32(2)12-14-33/h7-10,17-18,20,24-26H,3-6,11-16H2,1-2H3,(H,31,36)/t18-,24+,25-,26-/m1/s1. The summed E-state index contributed by atoms with van der Waals surface area (Å²) in [5.41, 5.74) is 2.38. The maximum atomic E-state index is 13.8. The number of carbonyl (C=O) groups excluding carboxylic acids is 3. The van der Waals surface area contributed by atoms with Crippen molar-refractivity contribution < 1.29 is 19.1 Å². The first-order valence-electron chi connectivity index (χ1n) is 14.1. The van der Waals surface area contributed by atoms with Gasteiger partial charge in [-0.1, -0.05) is 31.9 Å². The Bertz CT molecular complexity index is 1220. The van der Waals surface area contributed by atoms with Crippen molar-refractivity contribution in [1.82, 2.24) is 20.1 Å². The van der Waals surface area contributed by atoms with Gasteiger partial charge in [-0.05, 0) is 37.9 Å². The lowest BCUT2D eigenvalue weighted by Gasteiger charge is -2.32. The fourth-order valence-corrected chi connectivity index (χ4v) is 7.42. The minimum atomic E-state index is -0.635. The van der Waals surface area contributed by atoms with E-state index in [9.17, 15) is 14.4 Å². The molecule has 0 bridgehead atoms. The van der Waals surface area contributed by atoms with Gasteiger partial charge in [-0.3, -0.25) is 14.4 Å². The Morgan fingerprint density at radius 3 is 2.54 bits per heavy atom. The fraction of sp³-hybridized carbons (Fsp3) is 0.586. The molecule has 1 saturated carbocycles. The second-order valence-electron chi connectivity index (χ2n) is 11.5. The van der Waals surface area contributed by atoms with Crippen LogP contribution < -0.4 is 10.2 Å². The number of likely N-dealkylation sites (tertiary alicyclic amines) is 1. The van der Waals surface area contributed by atoms with Crippen molar-refractivity contribution in [2.75, 3.05) is 51.3 Å². The molecular weight excluding hydrogens is 514 g/mol. The molecule has 4 fully saturated rings. The number of aromatic nitrogens is 1. The molecule has 2 aromatic rings. The highest BCUT2D eigenvalue weighted by molar-refractivity contribution is 7.14. The predicted octanol–water partition coefficient (Wildman–Crippen LogP) is 2.67. The number of nitrogens with one attached hydrogen (secondary N) is 1. The fourth-order valence-electron chi connectivity index (χ4n) is 6.53. The molecule has 1 aliphatic carbocycles. The van der Waals surface area contributed by atoms with Crippen LogP contribution in [-0.4, -0.2) is 96.9 Å². The SMILES string of the molecule is C[C@@H]1CN(C(=O)[C@@H](NC(=O)c2ccc(-c3csc(N4CCN(C)CC4)n3)cc2)C2CCCC2)[C@@H]2C(=O)CO[C@H]12. The van der Waals surface area contributed by atoms with Crippen LogP contribution in [0.4, 0.5) is 5.13 Å². The lowest BCUT2D eigenvalue weighted by atomic mass is 9.95. The van der Waals surface area contributed by atoms with E-state index in [1.165, 1.54) is 0 Å². The summed E-state index contributed by atoms with van der Waals surface area (Å²) in [7, 11) is 2.14. The third-order valence-corrected chi connectivity index (χ3v) is 9.76. The van der Waals surface area contributed by atoms with Crippen LogP contribution in [0.2, 0.25) is 0 Å². The van der Waals surface area contributed by atoms with Crippen molar-refractivity contribution in [2.45, 2.75) is 50.8 Å². The summed E-state index contributed by atoms with van der Waals surface area (Å²) in [5, 5.41) is 6.16. The summed E-state index contributed by atoms with van der Waals surface area (Å²) in [6.07, 6.45) is 3.66. The average molecular weight is 552 g/mol. The number of ether oxygens (including phenoxy) is 1. The van der Waals surface area contributed by atoms with Gasteiger partial charge in [0.15, 0.2) is 10.9 Å². The number of carbonyl (C=O) groups is 3. The lowest BCUT2D eigenvalue weighted by Crippen LogP contribution is -2.54. The number of fused-ring (bicyclic) bond motifs is 1. The van der Waals surface area contributed by atoms with Gasteiger partial charge >= 0.3 is 0 Å². The van der Waals surface area contributed by atoms with Gasteiger partial charge in [-0.2, -0.15) is 0 Å². The largest absolute Gasteiger partial charge is 0.367 e. The minimum Gasteiger partial charge on any atom is -0.367 e. The first-order valence-corrected chi connectivity index (χ1v) is 15.0. The molecule has 4 heterocycles. The van der Waals surface area contributed by atoms with E-state index in [0.717, 1.165) is 68.3 Å². The van der Waals surface area contributed by atoms with E-state index in [-0.39, 0.29) is 42.1 Å². The Labute approximate surface area is 233 Å². The zero-order valence-electron chi connectivity index (χ0n) is 22.7. The van der Waals surface area contributed by atoms with Gasteiger partial charge in [0.1, 0.15) is 18.7 Å². The molecule has 4 atom stereocenters. The number of piperazine rings is 1. The number of thiazole rings is 1. The van der Waals surface area contributed by atoms with Gasteiger partial charge in [0.25, 0.3) is 5.91 Å². The zero-order chi connectivity index (χ0) is 27.1. The molecule has 0 spiro atoms. The Morgan fingerprint density at radius 2 is 1.82 bits per heavy atom. The smallest absolute Gasteiger partial charge is 0.251 e. The summed E-state index contributed by atoms with van der Waals surface area (Å²) in [5.74, 6) is -0.275. The van der Waals surface area contributed by atoms with Gasteiger partial charge < -0.3 is 24.8 Å². The number of anilines is 1. The number of nitrogens with zero attached hydrogens (tertiary/aromatic N) is 4. The van der Waals surface area contributed by atoms with Crippen molar-refractivity contribution in [1.29, 1.82) is 0 Å². The number of rotatable bonds is 6. The van der Waals surface area contributed by atoms with Crippen molar-refractivity contribution in [2.24, 2.45) is 11.8 Å². The van der Waals surface area contributed by atoms with Crippen molar-refractivity contribution in [3.05, 3.63) is 35.2 Å². The van der Waals surface area contributed by atoms with Crippen LogP contribution in [-0.2, 0) is 14.3 Å². The summed E-state index contributed by atoms with van der Waals surface area (Å²) < 4.78 is 5.69. The molecule has 4 aliphatic rings. The van der Waals surface area contributed by atoms with E-state index in [2.05, 4.69) is 27.5 Å². The van der Waals surface area contributed by atoms with Crippen LogP contribution in [0.3, 0.4) is 0 Å². The molecule has 1 aromatic heterocycles. The summed E-state index contributed by atoms with van der Waals surface area (Å²) in [6.45, 7) is 6.58. The van der Waals surface area contributed by atoms with E-state index in [4.69, 9.17) is 9.72 Å². The van der Waals surface area contributed by atoms with E-state index in [0.29, 0.717) is 12.1 Å². The zero-order valence-corrected chi connectivity index (χ0v) is 23.5. The minimum absolute atomic E-state index is 0.0393. The van der Waals surface area contributed by atoms with Crippen LogP contribution in [0, 0.1) is 11.8 Å². The molecule has 208 valence electrons. The Balaban J connectivity index is 1.15. The van der Waals surface area contributed by atoms with Crippen LogP contribution in [0.1, 0.15) is 43.0 Å². The average Bonchev–Trinajstić information content (AvgIpc) is 3.75. The molecule has 39 heavy (non-hydrogen) atoms. The normalized spacial score (nSPS) is 26.7. The van der Waals surface area contributed by atoms with Crippen LogP contribution in [0.25, 0.3) is 11.3 Å². The van der Waals surface area contributed by atoms with Crippen LogP contribution in [0.5, 0.6) is 0 Å². The number of hydrogen-bond acceptors (Lipinski definition) is 8. The molecule has 6 rings (SSSR count). The topological polar surface area (TPSA) is 95.1 Å². The first-order chi connectivity index (χ1) is 18.9. The molecule has 2 amide bonds. The third-order valence-electron chi connectivity index (χ3n) is 8.86. The van der Waals surface area contributed by atoms with Gasteiger partial charge in [0, 0.05) is 55.1 Å². The second kappa shape index (κ2) is 11.0. The van der Waals surface area contributed by atoms with E-state index < -0.39 is 12.1 Å². The van der Waals surface area contributed by atoms with Gasteiger partial charge in [0.2, 0.25) is 5.91 Å². The van der Waals surface area contributed by atoms with E-state index >= 15 is 0 Å². The molecule has 0 radical (unpaired) electrons. The monoisotopic (exact) mass is 551 g/mol. The Kier molecular flexibility index (Phi) is 7.43. The highest BCUT2D eigenvalue weighted by atomic mass is 32.1. The molecule has 1 N–H and O–H groups in total. The number of ketones is 1. The van der Waals surface area contributed by atoms with Crippen molar-refractivity contribution >= 4 is 34.1 Å². The number of amides is 2. The van der Waals surface area contributed by atoms with Crippen LogP contribution in [0.15, 0.2) is 29.6 Å². The molecule has 3 aliphatic heterocycles. The maximum absolute atomic E-state index is 13.8. The Morgan fingerprint density at radius 1 is 1.10 bits per heavy atom. The maximum Gasteiger partial charge on any atom is 0.251 e. The molecule has 3 saturated heterocycles. The molecule has 1 aromatic carbocycles. The first kappa shape index (κ1) is 26.4. The van der Waals surface area contributed by atoms with Gasteiger partial charge in [0.05, 0.1) is 11.8 Å². The number of benzene rings is 1. The molecule has 9 nitrogen and oxygen atoms in total. The highest BCUT2D eigenvalue weighted by Gasteiger charge is 2.52. The van der Waals surface area contributed by atoms with Crippen molar-refractivity contribution in [3.8, 4) is 11.3 Å². The number of likely N-dealkylation sites (N-methyl/N-ethyl adjacent to an activating group) is 1.